The Morgan fingerprint density at radius 2 is 1.75 bits per heavy atom. The molecule has 0 unspecified atom stereocenters. The van der Waals surface area contributed by atoms with E-state index in [0.29, 0.717) is 16.9 Å². The molecule has 0 aliphatic carbocycles. The lowest BCUT2D eigenvalue weighted by atomic mass is 10.0. The van der Waals surface area contributed by atoms with Crippen LogP contribution < -0.4 is 4.74 Å². The van der Waals surface area contributed by atoms with Crippen LogP contribution in [0.2, 0.25) is 0 Å². The number of carboxylic acid groups (broad SMARTS) is 1. The molecule has 0 spiro atoms. The molecular weight excluding hydrogens is 218 g/mol. The molecule has 0 aliphatic heterocycles. The summed E-state index contributed by atoms with van der Waals surface area (Å²) in [5.41, 5.74) is 0.438. The van der Waals surface area contributed by atoms with Crippen LogP contribution in [0.4, 0.5) is 8.78 Å². The molecule has 5 heteroatoms. The number of benzene rings is 1. The van der Waals surface area contributed by atoms with Crippen LogP contribution in [0.5, 0.6) is 5.75 Å². The highest BCUT2D eigenvalue weighted by Crippen LogP contribution is 2.33. The number of hydrogen-bond donors (Lipinski definition) is 1. The maximum Gasteiger partial charge on any atom is 0.379 e. The molecule has 1 rings (SSSR count). The zero-order valence-electron chi connectivity index (χ0n) is 9.17. The second-order valence-electron chi connectivity index (χ2n) is 3.52. The van der Waals surface area contributed by atoms with E-state index < -0.39 is 17.5 Å². The van der Waals surface area contributed by atoms with Crippen LogP contribution in [-0.4, -0.2) is 18.2 Å². The number of alkyl halides is 2. The number of carbonyl (C=O) groups is 1. The number of methoxy groups -OCH3 is 1. The summed E-state index contributed by atoms with van der Waals surface area (Å²) in [5.74, 6) is -5.54. The van der Waals surface area contributed by atoms with Crippen LogP contribution in [0.3, 0.4) is 0 Å². The van der Waals surface area contributed by atoms with Gasteiger partial charge < -0.3 is 9.84 Å². The summed E-state index contributed by atoms with van der Waals surface area (Å²) in [6.07, 6.45) is 0. The van der Waals surface area contributed by atoms with Gasteiger partial charge in [-0.25, -0.2) is 4.79 Å². The summed E-state index contributed by atoms with van der Waals surface area (Å²) < 4.78 is 31.5. The number of carboxylic acids is 1. The van der Waals surface area contributed by atoms with Crippen LogP contribution in [0, 0.1) is 13.8 Å². The standard InChI is InChI=1S/C11H12F2O3/c1-6-4-8(11(12,13)10(14)15)5-7(2)9(6)16-3/h4-5H,1-3H3,(H,14,15). The van der Waals surface area contributed by atoms with Crippen molar-refractivity contribution >= 4 is 5.97 Å². The Kier molecular flexibility index (Phi) is 3.16. The number of hydrogen-bond acceptors (Lipinski definition) is 2. The first kappa shape index (κ1) is 12.4. The van der Waals surface area contributed by atoms with E-state index >= 15 is 0 Å². The van der Waals surface area contributed by atoms with Gasteiger partial charge in [0.2, 0.25) is 0 Å². The third-order valence-corrected chi connectivity index (χ3v) is 2.30. The number of aliphatic carboxylic acids is 1. The molecule has 0 aromatic heterocycles. The molecule has 0 saturated heterocycles. The van der Waals surface area contributed by atoms with E-state index in [1.807, 2.05) is 0 Å². The smallest absolute Gasteiger partial charge is 0.379 e. The molecule has 1 N–H and O–H groups in total. The zero-order valence-corrected chi connectivity index (χ0v) is 9.17. The maximum atomic E-state index is 13.2. The number of rotatable bonds is 3. The predicted octanol–water partition coefficient (Wildman–Crippen LogP) is 2.49. The van der Waals surface area contributed by atoms with E-state index in [1.165, 1.54) is 7.11 Å². The first-order valence-corrected chi connectivity index (χ1v) is 4.57. The van der Waals surface area contributed by atoms with Crippen LogP contribution in [0.15, 0.2) is 12.1 Å². The average molecular weight is 230 g/mol. The number of aryl methyl sites for hydroxylation is 2. The van der Waals surface area contributed by atoms with Crippen molar-refractivity contribution in [2.45, 2.75) is 19.8 Å². The molecule has 0 saturated carbocycles. The fourth-order valence-corrected chi connectivity index (χ4v) is 1.58. The van der Waals surface area contributed by atoms with Gasteiger partial charge in [0.1, 0.15) is 5.75 Å². The molecule has 16 heavy (non-hydrogen) atoms. The minimum atomic E-state index is -3.87. The normalized spacial score (nSPS) is 11.3. The highest BCUT2D eigenvalue weighted by atomic mass is 19.3. The third kappa shape index (κ3) is 1.98. The molecular formula is C11H12F2O3. The Bertz CT molecular complexity index is 404. The first-order valence-electron chi connectivity index (χ1n) is 4.57. The summed E-state index contributed by atoms with van der Waals surface area (Å²) >= 11 is 0. The van der Waals surface area contributed by atoms with Crippen molar-refractivity contribution in [3.63, 3.8) is 0 Å². The first-order chi connectivity index (χ1) is 7.30. The van der Waals surface area contributed by atoms with E-state index in [9.17, 15) is 13.6 Å². The van der Waals surface area contributed by atoms with Crippen molar-refractivity contribution < 1.29 is 23.4 Å². The van der Waals surface area contributed by atoms with Gasteiger partial charge in [0, 0.05) is 5.56 Å². The van der Waals surface area contributed by atoms with Crippen molar-refractivity contribution in [2.75, 3.05) is 7.11 Å². The molecule has 0 heterocycles. The Hall–Kier alpha value is -1.65. The van der Waals surface area contributed by atoms with Crippen molar-refractivity contribution in [2.24, 2.45) is 0 Å². The van der Waals surface area contributed by atoms with E-state index in [1.54, 1.807) is 13.8 Å². The maximum absolute atomic E-state index is 13.2. The van der Waals surface area contributed by atoms with Crippen molar-refractivity contribution in [3.8, 4) is 5.75 Å². The van der Waals surface area contributed by atoms with Gasteiger partial charge in [-0.2, -0.15) is 8.78 Å². The third-order valence-electron chi connectivity index (χ3n) is 2.30. The molecule has 1 aromatic rings. The van der Waals surface area contributed by atoms with Crippen molar-refractivity contribution in [1.29, 1.82) is 0 Å². The lowest BCUT2D eigenvalue weighted by Gasteiger charge is -2.15. The summed E-state index contributed by atoms with van der Waals surface area (Å²) in [7, 11) is 1.43. The Labute approximate surface area is 91.7 Å². The summed E-state index contributed by atoms with van der Waals surface area (Å²) in [6, 6.07) is 2.25. The van der Waals surface area contributed by atoms with Crippen molar-refractivity contribution in [3.05, 3.63) is 28.8 Å². The predicted molar refractivity (Wildman–Crippen MR) is 54.0 cm³/mol. The van der Waals surface area contributed by atoms with Gasteiger partial charge in [0.05, 0.1) is 7.11 Å². The van der Waals surface area contributed by atoms with Gasteiger partial charge >= 0.3 is 11.9 Å². The quantitative estimate of drug-likeness (QED) is 0.867. The monoisotopic (exact) mass is 230 g/mol. The molecule has 0 radical (unpaired) electrons. The van der Waals surface area contributed by atoms with Gasteiger partial charge in [-0.15, -0.1) is 0 Å². The second-order valence-corrected chi connectivity index (χ2v) is 3.52. The van der Waals surface area contributed by atoms with Crippen molar-refractivity contribution in [1.82, 2.24) is 0 Å². The van der Waals surface area contributed by atoms with Gasteiger partial charge in [0.25, 0.3) is 0 Å². The lowest BCUT2D eigenvalue weighted by Crippen LogP contribution is -2.25. The SMILES string of the molecule is COc1c(C)cc(C(F)(F)C(=O)O)cc1C. The number of halogens is 2. The molecule has 0 aliphatic rings. The fraction of sp³-hybridized carbons (Fsp3) is 0.364. The largest absolute Gasteiger partial charge is 0.496 e. The van der Waals surface area contributed by atoms with E-state index in [0.717, 1.165) is 12.1 Å². The minimum Gasteiger partial charge on any atom is -0.496 e. The van der Waals surface area contributed by atoms with Gasteiger partial charge in [-0.3, -0.25) is 0 Å². The highest BCUT2D eigenvalue weighted by Gasteiger charge is 2.41. The van der Waals surface area contributed by atoms with E-state index in [2.05, 4.69) is 0 Å². The van der Waals surface area contributed by atoms with E-state index in [4.69, 9.17) is 9.84 Å². The molecule has 1 aromatic carbocycles. The Balaban J connectivity index is 3.34. The average Bonchev–Trinajstić information content (AvgIpc) is 2.16. The molecule has 0 atom stereocenters. The summed E-state index contributed by atoms with van der Waals surface area (Å²) in [6.45, 7) is 3.18. The lowest BCUT2D eigenvalue weighted by molar-refractivity contribution is -0.166. The summed E-state index contributed by atoms with van der Waals surface area (Å²) in [4.78, 5) is 10.4. The molecule has 3 nitrogen and oxygen atoms in total. The van der Waals surface area contributed by atoms with Crippen LogP contribution in [0.25, 0.3) is 0 Å². The second kappa shape index (κ2) is 4.08. The summed E-state index contributed by atoms with van der Waals surface area (Å²) in [5, 5.41) is 8.42. The van der Waals surface area contributed by atoms with Crippen LogP contribution in [-0.2, 0) is 10.7 Å². The Morgan fingerprint density at radius 1 is 1.31 bits per heavy atom. The molecule has 0 bridgehead atoms. The highest BCUT2D eigenvalue weighted by molar-refractivity contribution is 5.77. The zero-order chi connectivity index (χ0) is 12.5. The molecule has 88 valence electrons. The minimum absolute atomic E-state index is 0.485. The number of ether oxygens (including phenoxy) is 1. The van der Waals surface area contributed by atoms with Gasteiger partial charge in [-0.05, 0) is 37.1 Å². The van der Waals surface area contributed by atoms with Gasteiger partial charge in [-0.1, -0.05) is 0 Å². The van der Waals surface area contributed by atoms with Gasteiger partial charge in [0.15, 0.2) is 0 Å². The van der Waals surface area contributed by atoms with Crippen LogP contribution >= 0.6 is 0 Å². The van der Waals surface area contributed by atoms with Crippen LogP contribution in [0.1, 0.15) is 16.7 Å². The topological polar surface area (TPSA) is 46.5 Å². The van der Waals surface area contributed by atoms with E-state index in [-0.39, 0.29) is 0 Å². The molecule has 0 fully saturated rings. The Morgan fingerprint density at radius 3 is 2.06 bits per heavy atom. The fourth-order valence-electron chi connectivity index (χ4n) is 1.58. The molecule has 0 amide bonds.